The summed E-state index contributed by atoms with van der Waals surface area (Å²) in [7, 11) is 0. The van der Waals surface area contributed by atoms with E-state index in [0.29, 0.717) is 19.3 Å². The minimum Gasteiger partial charge on any atom is -0.462 e. The van der Waals surface area contributed by atoms with Gasteiger partial charge in [-0.05, 0) is 89.9 Å². The Bertz CT molecular complexity index is 1230. The fourth-order valence-electron chi connectivity index (χ4n) is 6.17. The Morgan fingerprint density at radius 2 is 0.683 bits per heavy atom. The van der Waals surface area contributed by atoms with Gasteiger partial charge >= 0.3 is 17.9 Å². The number of carbonyl (C=O) groups excluding carboxylic acids is 3. The fourth-order valence-corrected chi connectivity index (χ4v) is 6.17. The zero-order chi connectivity index (χ0) is 43.7. The van der Waals surface area contributed by atoms with Crippen LogP contribution < -0.4 is 0 Å². The van der Waals surface area contributed by atoms with Crippen molar-refractivity contribution in [2.75, 3.05) is 13.2 Å². The highest BCUT2D eigenvalue weighted by atomic mass is 16.6. The smallest absolute Gasteiger partial charge is 0.306 e. The van der Waals surface area contributed by atoms with Gasteiger partial charge in [0.1, 0.15) is 13.2 Å². The highest BCUT2D eigenvalue weighted by Gasteiger charge is 2.19. The number of carbonyl (C=O) groups is 3. The second-order valence-electron chi connectivity index (χ2n) is 15.6. The Kier molecular flexibility index (Phi) is 45.1. The Morgan fingerprint density at radius 3 is 1.15 bits per heavy atom. The normalized spacial score (nSPS) is 12.9. The van der Waals surface area contributed by atoms with Crippen LogP contribution >= 0.6 is 0 Å². The quantitative estimate of drug-likeness (QED) is 0.0264. The van der Waals surface area contributed by atoms with Crippen LogP contribution in [-0.4, -0.2) is 37.2 Å². The van der Waals surface area contributed by atoms with Crippen molar-refractivity contribution in [1.82, 2.24) is 0 Å². The molecule has 0 heterocycles. The molecular weight excluding hydrogens is 745 g/mol. The second kappa shape index (κ2) is 48.0. The summed E-state index contributed by atoms with van der Waals surface area (Å²) in [6, 6.07) is 0. The number of ether oxygens (including phenoxy) is 3. The molecule has 0 spiro atoms. The van der Waals surface area contributed by atoms with E-state index in [1.54, 1.807) is 0 Å². The van der Waals surface area contributed by atoms with Crippen molar-refractivity contribution < 1.29 is 28.6 Å². The van der Waals surface area contributed by atoms with Gasteiger partial charge in [-0.2, -0.15) is 0 Å². The minimum atomic E-state index is -0.801. The molecule has 0 N–H and O–H groups in total. The Hall–Kier alpha value is -3.67. The lowest BCUT2D eigenvalue weighted by molar-refractivity contribution is -0.167. The molecule has 340 valence electrons. The van der Waals surface area contributed by atoms with Crippen LogP contribution in [0.1, 0.15) is 207 Å². The first-order valence-electron chi connectivity index (χ1n) is 24.2. The number of unbranched alkanes of at least 4 members (excludes halogenated alkanes) is 15. The van der Waals surface area contributed by atoms with E-state index in [4.69, 9.17) is 14.2 Å². The molecule has 6 heteroatoms. The van der Waals surface area contributed by atoms with Crippen LogP contribution in [0.15, 0.2) is 97.2 Å². The van der Waals surface area contributed by atoms with Gasteiger partial charge < -0.3 is 14.2 Å². The molecule has 0 aromatic heterocycles. The zero-order valence-corrected chi connectivity index (χ0v) is 38.7. The van der Waals surface area contributed by atoms with Crippen LogP contribution in [0.2, 0.25) is 0 Å². The average molecular weight is 833 g/mol. The van der Waals surface area contributed by atoms with E-state index in [0.717, 1.165) is 103 Å². The van der Waals surface area contributed by atoms with Crippen molar-refractivity contribution in [3.63, 3.8) is 0 Å². The van der Waals surface area contributed by atoms with E-state index in [1.165, 1.54) is 57.8 Å². The molecule has 0 radical (unpaired) electrons. The lowest BCUT2D eigenvalue weighted by atomic mass is 10.1. The summed E-state index contributed by atoms with van der Waals surface area (Å²) in [5.74, 6) is -0.984. The molecule has 0 aromatic rings. The lowest BCUT2D eigenvalue weighted by Gasteiger charge is -2.18. The van der Waals surface area contributed by atoms with E-state index >= 15 is 0 Å². The number of hydrogen-bond donors (Lipinski definition) is 0. The predicted octanol–water partition coefficient (Wildman–Crippen LogP) is 15.8. The van der Waals surface area contributed by atoms with Gasteiger partial charge in [0.15, 0.2) is 6.10 Å². The van der Waals surface area contributed by atoms with Crippen molar-refractivity contribution in [1.29, 1.82) is 0 Å². The van der Waals surface area contributed by atoms with Crippen LogP contribution in [0, 0.1) is 0 Å². The minimum absolute atomic E-state index is 0.0992. The lowest BCUT2D eigenvalue weighted by Crippen LogP contribution is -2.30. The highest BCUT2D eigenvalue weighted by Crippen LogP contribution is 2.12. The number of allylic oxidation sites excluding steroid dienone is 16. The predicted molar refractivity (Wildman–Crippen MR) is 256 cm³/mol. The maximum absolute atomic E-state index is 12.7. The van der Waals surface area contributed by atoms with Gasteiger partial charge in [-0.1, -0.05) is 195 Å². The van der Waals surface area contributed by atoms with Gasteiger partial charge in [0.05, 0.1) is 0 Å². The molecule has 0 aliphatic carbocycles. The number of esters is 3. The molecule has 60 heavy (non-hydrogen) atoms. The topological polar surface area (TPSA) is 78.9 Å². The SMILES string of the molecule is CC/C=C\C/C=C\C/C=C\C/C=C\C/C=C\C/C=C\C/C=C\CCCC(=O)OCC(COC(=O)CCCCCCCCCC)OC(=O)CCCCCCC/C=C\CCCC. The summed E-state index contributed by atoms with van der Waals surface area (Å²) >= 11 is 0. The van der Waals surface area contributed by atoms with Crippen molar-refractivity contribution in [2.45, 2.75) is 213 Å². The third-order valence-corrected chi connectivity index (χ3v) is 9.82. The molecule has 0 aliphatic rings. The Morgan fingerprint density at radius 1 is 0.350 bits per heavy atom. The molecule has 0 rings (SSSR count). The van der Waals surface area contributed by atoms with E-state index < -0.39 is 6.10 Å². The van der Waals surface area contributed by atoms with E-state index in [2.05, 4.69) is 118 Å². The van der Waals surface area contributed by atoms with Crippen molar-refractivity contribution >= 4 is 17.9 Å². The van der Waals surface area contributed by atoms with Crippen LogP contribution in [0.5, 0.6) is 0 Å². The molecule has 1 atom stereocenters. The van der Waals surface area contributed by atoms with Gasteiger partial charge in [0, 0.05) is 19.3 Å². The first-order chi connectivity index (χ1) is 29.5. The Balaban J connectivity index is 4.39. The molecule has 6 nitrogen and oxygen atoms in total. The third-order valence-electron chi connectivity index (χ3n) is 9.82. The monoisotopic (exact) mass is 833 g/mol. The summed E-state index contributed by atoms with van der Waals surface area (Å²) < 4.78 is 16.6. The van der Waals surface area contributed by atoms with Gasteiger partial charge in [-0.15, -0.1) is 0 Å². The third kappa shape index (κ3) is 45.4. The van der Waals surface area contributed by atoms with Crippen molar-refractivity contribution in [3.8, 4) is 0 Å². The van der Waals surface area contributed by atoms with Gasteiger partial charge in [0.25, 0.3) is 0 Å². The summed E-state index contributed by atoms with van der Waals surface area (Å²) in [5, 5.41) is 0. The zero-order valence-electron chi connectivity index (χ0n) is 38.7. The molecule has 0 saturated heterocycles. The Labute approximate surface area is 368 Å². The maximum atomic E-state index is 12.7. The van der Waals surface area contributed by atoms with Gasteiger partial charge in [-0.3, -0.25) is 14.4 Å². The highest BCUT2D eigenvalue weighted by molar-refractivity contribution is 5.71. The molecular formula is C54H88O6. The van der Waals surface area contributed by atoms with Crippen LogP contribution in [0.25, 0.3) is 0 Å². The van der Waals surface area contributed by atoms with Crippen LogP contribution in [0.3, 0.4) is 0 Å². The fraction of sp³-hybridized carbons (Fsp3) is 0.648. The summed E-state index contributed by atoms with van der Waals surface area (Å²) in [5.41, 5.74) is 0. The van der Waals surface area contributed by atoms with E-state index in [-0.39, 0.29) is 37.5 Å². The molecule has 0 bridgehead atoms. The second-order valence-corrected chi connectivity index (χ2v) is 15.6. The van der Waals surface area contributed by atoms with E-state index in [1.807, 2.05) is 0 Å². The largest absolute Gasteiger partial charge is 0.462 e. The number of hydrogen-bond acceptors (Lipinski definition) is 6. The average Bonchev–Trinajstić information content (AvgIpc) is 3.24. The maximum Gasteiger partial charge on any atom is 0.306 e. The first-order valence-corrected chi connectivity index (χ1v) is 24.2. The van der Waals surface area contributed by atoms with E-state index in [9.17, 15) is 14.4 Å². The van der Waals surface area contributed by atoms with Crippen molar-refractivity contribution in [2.24, 2.45) is 0 Å². The summed E-state index contributed by atoms with van der Waals surface area (Å²) in [4.78, 5) is 37.7. The molecule has 0 amide bonds. The van der Waals surface area contributed by atoms with Crippen LogP contribution in [-0.2, 0) is 28.6 Å². The summed E-state index contributed by atoms with van der Waals surface area (Å²) in [6.07, 6.45) is 62.6. The van der Waals surface area contributed by atoms with Gasteiger partial charge in [0.2, 0.25) is 0 Å². The van der Waals surface area contributed by atoms with Crippen molar-refractivity contribution in [3.05, 3.63) is 97.2 Å². The molecule has 1 unspecified atom stereocenters. The molecule has 0 aliphatic heterocycles. The number of rotatable bonds is 42. The first kappa shape index (κ1) is 56.3. The van der Waals surface area contributed by atoms with Gasteiger partial charge in [-0.25, -0.2) is 0 Å². The summed E-state index contributed by atoms with van der Waals surface area (Å²) in [6.45, 7) is 6.37. The molecule has 0 fully saturated rings. The van der Waals surface area contributed by atoms with Crippen LogP contribution in [0.4, 0.5) is 0 Å². The molecule has 0 saturated carbocycles. The molecule has 0 aromatic carbocycles. The standard InChI is InChI=1S/C54H88O6/c1-4-7-10-13-16-19-21-22-23-24-25-26-27-28-29-30-31-32-34-35-38-41-44-47-53(56)59-50-51(49-58-52(55)46-43-40-37-18-15-12-9-6-3)60-54(57)48-45-42-39-36-33-20-17-14-11-8-5-2/h7,10,14,16-17,19,22-23,25-26,28-29,31-32,35,38,51H,4-6,8-9,11-13,15,18,20-21,24,27,30,33-34,36-37,39-50H2,1-3H3/b10-7-,17-14-,19-16-,23-22-,26-25-,29-28-,32-31-,38-35-.